The van der Waals surface area contributed by atoms with E-state index in [1.165, 1.54) is 7.17 Å². The molecule has 32 valence electrons. The molecule has 0 aromatic carbocycles. The Labute approximate surface area is 47.0 Å². The van der Waals surface area contributed by atoms with Gasteiger partial charge in [-0.2, -0.15) is 0 Å². The third kappa shape index (κ3) is 5.89. The molecule has 0 aromatic rings. The Morgan fingerprint density at radius 2 is 2.29 bits per heavy atom. The van der Waals surface area contributed by atoms with E-state index < -0.39 is 0 Å². The molecule has 0 fully saturated rings. The summed E-state index contributed by atoms with van der Waals surface area (Å²) in [5, 5.41) is 0. The smallest absolute Gasteiger partial charge is 0.320 e. The van der Waals surface area contributed by atoms with Crippen molar-refractivity contribution in [3.05, 3.63) is 12.0 Å². The highest BCUT2D eigenvalue weighted by Crippen LogP contribution is 1.64. The largest absolute Gasteiger partial charge is 0.438 e. The predicted molar refractivity (Wildman–Crippen MR) is 33.4 cm³/mol. The molecular formula is C3H5B3O. The fourth-order valence-corrected chi connectivity index (χ4v) is 0.188. The third-order valence-electron chi connectivity index (χ3n) is 0.437. The van der Waals surface area contributed by atoms with E-state index in [0.29, 0.717) is 0 Å². The molecule has 0 aliphatic heterocycles. The molecule has 0 heterocycles. The lowest BCUT2D eigenvalue weighted by Crippen LogP contribution is -1.89. The summed E-state index contributed by atoms with van der Waals surface area (Å²) < 4.78 is 4.56. The van der Waals surface area contributed by atoms with E-state index in [4.69, 9.17) is 7.74 Å². The Balaban J connectivity index is 2.78. The number of rotatable bonds is 3. The zero-order chi connectivity index (χ0) is 5.54. The lowest BCUT2D eigenvalue weighted by atomic mass is 9.55. The second-order valence-electron chi connectivity index (χ2n) is 0.949. The summed E-state index contributed by atoms with van der Waals surface area (Å²) >= 11 is 0. The monoisotopic (exact) mass is 90.1 g/mol. The average molecular weight is 89.5 g/mol. The van der Waals surface area contributed by atoms with E-state index in [0.717, 1.165) is 0 Å². The van der Waals surface area contributed by atoms with Crippen LogP contribution in [0.3, 0.4) is 0 Å². The molecule has 0 saturated heterocycles. The van der Waals surface area contributed by atoms with E-state index in [9.17, 15) is 0 Å². The molecule has 0 N–H and O–H groups in total. The van der Waals surface area contributed by atoms with Crippen LogP contribution < -0.4 is 0 Å². The van der Waals surface area contributed by atoms with Crippen LogP contribution in [0, 0.1) is 0 Å². The Morgan fingerprint density at radius 3 is 2.71 bits per heavy atom. The maximum atomic E-state index is 4.98. The average Bonchev–Trinajstić information content (AvgIpc) is 1.69. The van der Waals surface area contributed by atoms with Gasteiger partial charge in [-0.05, 0) is 0 Å². The molecule has 4 heteroatoms. The van der Waals surface area contributed by atoms with Gasteiger partial charge in [0.1, 0.15) is 0 Å². The maximum Gasteiger partial charge on any atom is 0.320 e. The normalized spacial score (nSPS) is 9.29. The van der Waals surface area contributed by atoms with Gasteiger partial charge in [0, 0.05) is 14.8 Å². The van der Waals surface area contributed by atoms with Gasteiger partial charge in [0.25, 0.3) is 0 Å². The van der Waals surface area contributed by atoms with E-state index in [2.05, 4.69) is 4.65 Å². The Morgan fingerprint density at radius 1 is 1.57 bits per heavy atom. The molecule has 0 atom stereocenters. The van der Waals surface area contributed by atoms with Crippen molar-refractivity contribution < 1.29 is 4.65 Å². The van der Waals surface area contributed by atoms with Crippen LogP contribution in [0.15, 0.2) is 12.0 Å². The van der Waals surface area contributed by atoms with Gasteiger partial charge in [-0.1, -0.05) is 0 Å². The van der Waals surface area contributed by atoms with Gasteiger partial charge >= 0.3 is 7.48 Å². The van der Waals surface area contributed by atoms with Gasteiger partial charge in [-0.15, -0.1) is 12.0 Å². The first kappa shape index (κ1) is 6.89. The first-order chi connectivity index (χ1) is 3.41. The predicted octanol–water partition coefficient (Wildman–Crippen LogP) is -0.489. The quantitative estimate of drug-likeness (QED) is 0.424. The summed E-state index contributed by atoms with van der Waals surface area (Å²) in [4.78, 5) is 0. The van der Waals surface area contributed by atoms with E-state index in [1.54, 1.807) is 26.5 Å². The Bertz CT molecular complexity index is 54.1. The van der Waals surface area contributed by atoms with Crippen LogP contribution in [0.1, 0.15) is 0 Å². The van der Waals surface area contributed by atoms with Crippen molar-refractivity contribution >= 4 is 22.4 Å². The molecule has 0 bridgehead atoms. The third-order valence-corrected chi connectivity index (χ3v) is 0.437. The molecule has 0 aliphatic carbocycles. The van der Waals surface area contributed by atoms with Gasteiger partial charge in [0.05, 0.1) is 7.17 Å². The zero-order valence-corrected chi connectivity index (χ0v) is 4.29. The number of hydrogen-bond donors (Lipinski definition) is 0. The first-order valence-corrected chi connectivity index (χ1v) is 1.98. The van der Waals surface area contributed by atoms with Crippen LogP contribution in [0.5, 0.6) is 0 Å². The van der Waals surface area contributed by atoms with Crippen LogP contribution in [-0.2, 0) is 4.65 Å². The van der Waals surface area contributed by atoms with Gasteiger partial charge < -0.3 is 4.65 Å². The van der Waals surface area contributed by atoms with Crippen molar-refractivity contribution in [1.29, 1.82) is 0 Å². The summed E-state index contributed by atoms with van der Waals surface area (Å²) in [5.41, 5.74) is 0. The summed E-state index contributed by atoms with van der Waals surface area (Å²) in [7, 11) is 9.55. The molecule has 0 unspecified atom stereocenters. The van der Waals surface area contributed by atoms with E-state index in [1.807, 2.05) is 0 Å². The second-order valence-corrected chi connectivity index (χ2v) is 0.949. The topological polar surface area (TPSA) is 9.23 Å². The summed E-state index contributed by atoms with van der Waals surface area (Å²) in [6, 6.07) is 0. The fourth-order valence-electron chi connectivity index (χ4n) is 0.188. The molecule has 0 aliphatic rings. The van der Waals surface area contributed by atoms with Crippen LogP contribution in [0.25, 0.3) is 0 Å². The minimum absolute atomic E-state index is 1.44. The number of hydrogen-bond acceptors (Lipinski definition) is 1. The van der Waals surface area contributed by atoms with Crippen molar-refractivity contribution in [1.82, 2.24) is 0 Å². The minimum atomic E-state index is 1.44. The van der Waals surface area contributed by atoms with Crippen LogP contribution >= 0.6 is 0 Å². The SMILES string of the molecule is [B][B]/C=C\[B]OC. The van der Waals surface area contributed by atoms with Crippen LogP contribution in [-0.4, -0.2) is 29.5 Å². The van der Waals surface area contributed by atoms with Crippen molar-refractivity contribution in [2.45, 2.75) is 0 Å². The molecule has 0 spiro atoms. The molecule has 1 nitrogen and oxygen atoms in total. The van der Waals surface area contributed by atoms with Gasteiger partial charge in [-0.25, -0.2) is 0 Å². The molecule has 0 amide bonds. The van der Waals surface area contributed by atoms with Crippen molar-refractivity contribution in [2.75, 3.05) is 7.11 Å². The maximum absolute atomic E-state index is 4.98. The van der Waals surface area contributed by atoms with Gasteiger partial charge in [0.2, 0.25) is 0 Å². The zero-order valence-electron chi connectivity index (χ0n) is 4.29. The lowest BCUT2D eigenvalue weighted by Gasteiger charge is -1.80. The molecule has 4 radical (unpaired) electrons. The second kappa shape index (κ2) is 5.89. The van der Waals surface area contributed by atoms with Crippen molar-refractivity contribution in [2.24, 2.45) is 0 Å². The molecule has 0 saturated carbocycles. The summed E-state index contributed by atoms with van der Waals surface area (Å²) in [5.74, 6) is 3.39. The van der Waals surface area contributed by atoms with Crippen molar-refractivity contribution in [3.63, 3.8) is 0 Å². The van der Waals surface area contributed by atoms with E-state index in [-0.39, 0.29) is 0 Å². The fraction of sp³-hybridized carbons (Fsp3) is 0.333. The van der Waals surface area contributed by atoms with Crippen LogP contribution in [0.4, 0.5) is 0 Å². The standard InChI is InChI=1S/C3H5B3O/c1-7-6-3-2-5-4/h2-3H,1H3/b3-2-. The van der Waals surface area contributed by atoms with Gasteiger partial charge in [-0.3, -0.25) is 0 Å². The summed E-state index contributed by atoms with van der Waals surface area (Å²) in [6.45, 7) is 0. The highest BCUT2D eigenvalue weighted by molar-refractivity contribution is 6.92. The van der Waals surface area contributed by atoms with Crippen LogP contribution in [0.2, 0.25) is 0 Å². The molecule has 0 rings (SSSR count). The minimum Gasteiger partial charge on any atom is -0.438 e. The van der Waals surface area contributed by atoms with E-state index >= 15 is 0 Å². The first-order valence-electron chi connectivity index (χ1n) is 1.98. The Hall–Kier alpha value is -0.105. The lowest BCUT2D eigenvalue weighted by molar-refractivity contribution is 0.449. The van der Waals surface area contributed by atoms with Gasteiger partial charge in [0.15, 0.2) is 0 Å². The molecule has 7 heavy (non-hydrogen) atoms. The highest BCUT2D eigenvalue weighted by Gasteiger charge is 1.73. The van der Waals surface area contributed by atoms with Crippen molar-refractivity contribution in [3.8, 4) is 0 Å². The molecular weight excluding hydrogens is 84.5 g/mol. The summed E-state index contributed by atoms with van der Waals surface area (Å²) in [6.07, 6.45) is 0. The Kier molecular flexibility index (Phi) is 5.81. The molecule has 0 aromatic heterocycles. The highest BCUT2D eigenvalue weighted by atomic mass is 16.4.